The zero-order chi connectivity index (χ0) is 29.6. The minimum absolute atomic E-state index is 0.00878. The second kappa shape index (κ2) is 10.8. The van der Waals surface area contributed by atoms with Crippen LogP contribution in [0.1, 0.15) is 38.3 Å². The summed E-state index contributed by atoms with van der Waals surface area (Å²) in [6.45, 7) is 5.51. The van der Waals surface area contributed by atoms with Crippen LogP contribution in [0.3, 0.4) is 0 Å². The largest absolute Gasteiger partial charge is 0.493 e. The number of H-pyrrole nitrogens is 1. The number of halogens is 1. The van der Waals surface area contributed by atoms with E-state index in [0.717, 1.165) is 18.2 Å². The maximum Gasteiger partial charge on any atom is 0.488 e. The zero-order valence-electron chi connectivity index (χ0n) is 23.0. The molecule has 0 atom stereocenters. The molecule has 1 aliphatic heterocycles. The van der Waals surface area contributed by atoms with Crippen molar-refractivity contribution in [2.75, 3.05) is 19.8 Å². The zero-order valence-corrected chi connectivity index (χ0v) is 23.8. The fourth-order valence-corrected chi connectivity index (χ4v) is 5.96. The minimum atomic E-state index is -5.22. The number of pyridine rings is 1. The van der Waals surface area contributed by atoms with Crippen LogP contribution in [0, 0.1) is 17.2 Å². The summed E-state index contributed by atoms with van der Waals surface area (Å²) >= 11 is 0. The van der Waals surface area contributed by atoms with Gasteiger partial charge in [0.1, 0.15) is 17.1 Å². The molecule has 0 radical (unpaired) electrons. The summed E-state index contributed by atoms with van der Waals surface area (Å²) < 4.78 is 54.2. The average molecular weight is 590 g/mol. The Labute approximate surface area is 241 Å². The van der Waals surface area contributed by atoms with Crippen molar-refractivity contribution in [1.29, 1.82) is 5.26 Å². The number of rotatable bonds is 7. The maximum absolute atomic E-state index is 14.2. The van der Waals surface area contributed by atoms with E-state index in [2.05, 4.69) is 19.8 Å². The van der Waals surface area contributed by atoms with Gasteiger partial charge in [-0.25, -0.2) is 0 Å². The molecule has 3 aromatic carbocycles. The molecule has 5 aromatic rings. The fraction of sp³-hybridized carbons (Fsp3) is 0.290. The van der Waals surface area contributed by atoms with Crippen LogP contribution in [0.15, 0.2) is 59.4 Å². The van der Waals surface area contributed by atoms with Crippen molar-refractivity contribution in [2.45, 2.75) is 32.7 Å². The quantitative estimate of drug-likeness (QED) is 0.226. The Morgan fingerprint density at radius 2 is 1.90 bits per heavy atom. The summed E-state index contributed by atoms with van der Waals surface area (Å²) in [7, 11) is -5.22. The smallest absolute Gasteiger partial charge is 0.488 e. The lowest BCUT2D eigenvalue weighted by Gasteiger charge is -2.28. The van der Waals surface area contributed by atoms with Crippen molar-refractivity contribution < 1.29 is 26.0 Å². The SMILES string of the molecule is CC(C)COc1cc2c(=O)c3c4ccc(C#N)cc4[nH]c3n(C3CCOCC3)c2cc1-c1cccc(OS(=O)(=O)F)c1. The predicted molar refractivity (Wildman–Crippen MR) is 158 cm³/mol. The molecule has 0 amide bonds. The third-order valence-corrected chi connectivity index (χ3v) is 7.84. The Bertz CT molecular complexity index is 2050. The van der Waals surface area contributed by atoms with E-state index in [1.54, 1.807) is 36.4 Å². The van der Waals surface area contributed by atoms with Gasteiger partial charge in [0.2, 0.25) is 0 Å². The molecule has 3 heterocycles. The number of nitrogens with one attached hydrogen (secondary N) is 1. The molecular weight excluding hydrogens is 561 g/mol. The number of aromatic amines is 1. The van der Waals surface area contributed by atoms with Crippen molar-refractivity contribution in [1.82, 2.24) is 9.55 Å². The highest BCUT2D eigenvalue weighted by atomic mass is 32.3. The summed E-state index contributed by atoms with van der Waals surface area (Å²) in [5.74, 6) is 0.424. The Hall–Kier alpha value is -4.40. The van der Waals surface area contributed by atoms with Crippen molar-refractivity contribution in [3.05, 3.63) is 70.4 Å². The first kappa shape index (κ1) is 27.8. The first-order chi connectivity index (χ1) is 20.1. The molecule has 1 N–H and O–H groups in total. The molecule has 1 fully saturated rings. The van der Waals surface area contributed by atoms with Crippen LogP contribution in [0.5, 0.6) is 11.5 Å². The second-order valence-corrected chi connectivity index (χ2v) is 11.8. The third kappa shape index (κ3) is 5.19. The molecule has 216 valence electrons. The lowest BCUT2D eigenvalue weighted by atomic mass is 9.99. The van der Waals surface area contributed by atoms with Gasteiger partial charge in [-0.3, -0.25) is 4.79 Å². The Morgan fingerprint density at radius 1 is 1.12 bits per heavy atom. The van der Waals surface area contributed by atoms with Gasteiger partial charge in [-0.2, -0.15) is 13.7 Å². The molecule has 9 nitrogen and oxygen atoms in total. The standard InChI is InChI=1S/C31H28FN3O6S/c1-18(2)17-40-28-15-25-27(14-24(28)20-4-3-5-22(13-20)41-42(32,37)38)35(21-8-10-39-11-9-21)31-29(30(25)36)23-7-6-19(16-33)12-26(23)34-31/h3-7,12-15,18,21,34H,8-11,17H2,1-2H3. The highest BCUT2D eigenvalue weighted by Crippen LogP contribution is 2.39. The number of nitriles is 1. The lowest BCUT2D eigenvalue weighted by Crippen LogP contribution is -2.22. The summed E-state index contributed by atoms with van der Waals surface area (Å²) in [5, 5.41) is 11.2. The van der Waals surface area contributed by atoms with Crippen LogP contribution >= 0.6 is 0 Å². The fourth-order valence-electron chi connectivity index (χ4n) is 5.62. The van der Waals surface area contributed by atoms with Gasteiger partial charge in [0.25, 0.3) is 0 Å². The van der Waals surface area contributed by atoms with Gasteiger partial charge in [0, 0.05) is 35.7 Å². The molecule has 1 saturated heterocycles. The normalized spacial score (nSPS) is 14.5. The van der Waals surface area contributed by atoms with E-state index in [1.807, 2.05) is 19.9 Å². The molecule has 0 unspecified atom stereocenters. The van der Waals surface area contributed by atoms with Gasteiger partial charge in [-0.15, -0.1) is 0 Å². The number of benzene rings is 3. The van der Waals surface area contributed by atoms with E-state index >= 15 is 0 Å². The highest BCUT2D eigenvalue weighted by Gasteiger charge is 2.25. The molecular formula is C31H28FN3O6S. The second-order valence-electron chi connectivity index (χ2n) is 10.8. The predicted octanol–water partition coefficient (Wildman–Crippen LogP) is 6.15. The number of aromatic nitrogens is 2. The molecule has 0 spiro atoms. The van der Waals surface area contributed by atoms with E-state index in [4.69, 9.17) is 9.47 Å². The number of nitrogens with zero attached hydrogens (tertiary/aromatic N) is 2. The van der Waals surface area contributed by atoms with Crippen molar-refractivity contribution in [2.24, 2.45) is 5.92 Å². The van der Waals surface area contributed by atoms with Crippen LogP contribution in [-0.4, -0.2) is 37.8 Å². The first-order valence-electron chi connectivity index (χ1n) is 13.7. The molecule has 0 aliphatic carbocycles. The highest BCUT2D eigenvalue weighted by molar-refractivity contribution is 7.81. The average Bonchev–Trinajstić information content (AvgIpc) is 3.34. The van der Waals surface area contributed by atoms with Gasteiger partial charge in [0.05, 0.1) is 34.5 Å². The molecule has 11 heteroatoms. The number of hydrogen-bond acceptors (Lipinski definition) is 7. The third-order valence-electron chi connectivity index (χ3n) is 7.45. The Kier molecular flexibility index (Phi) is 7.12. The summed E-state index contributed by atoms with van der Waals surface area (Å²) in [6, 6.07) is 17.0. The van der Waals surface area contributed by atoms with Crippen molar-refractivity contribution >= 4 is 43.3 Å². The summed E-state index contributed by atoms with van der Waals surface area (Å²) in [6.07, 6.45) is 1.45. The van der Waals surface area contributed by atoms with Gasteiger partial charge in [0.15, 0.2) is 5.43 Å². The first-order valence-corrected chi connectivity index (χ1v) is 15.0. The van der Waals surface area contributed by atoms with E-state index < -0.39 is 10.5 Å². The van der Waals surface area contributed by atoms with Crippen LogP contribution in [0.25, 0.3) is 44.0 Å². The molecule has 6 rings (SSSR count). The number of fused-ring (bicyclic) bond motifs is 4. The summed E-state index contributed by atoms with van der Waals surface area (Å²) in [5.41, 5.74) is 3.40. The lowest BCUT2D eigenvalue weighted by molar-refractivity contribution is 0.0715. The van der Waals surface area contributed by atoms with Crippen molar-refractivity contribution in [3.63, 3.8) is 0 Å². The monoisotopic (exact) mass is 589 g/mol. The number of ether oxygens (including phenoxy) is 2. The van der Waals surface area contributed by atoms with Crippen LogP contribution in [0.4, 0.5) is 3.89 Å². The van der Waals surface area contributed by atoms with Crippen LogP contribution in [-0.2, 0) is 15.2 Å². The Balaban J connectivity index is 1.69. The van der Waals surface area contributed by atoms with Gasteiger partial charge < -0.3 is 23.2 Å². The molecule has 42 heavy (non-hydrogen) atoms. The van der Waals surface area contributed by atoms with Gasteiger partial charge in [-0.1, -0.05) is 35.9 Å². The van der Waals surface area contributed by atoms with E-state index in [0.29, 0.717) is 69.7 Å². The topological polar surface area (TPSA) is 123 Å². The van der Waals surface area contributed by atoms with Gasteiger partial charge in [-0.05, 0) is 60.7 Å². The van der Waals surface area contributed by atoms with Gasteiger partial charge >= 0.3 is 10.5 Å². The summed E-state index contributed by atoms with van der Waals surface area (Å²) in [4.78, 5) is 17.6. The molecule has 0 saturated carbocycles. The molecule has 1 aliphatic rings. The maximum atomic E-state index is 14.2. The molecule has 0 bridgehead atoms. The van der Waals surface area contributed by atoms with Crippen LogP contribution in [0.2, 0.25) is 0 Å². The Morgan fingerprint density at radius 3 is 2.62 bits per heavy atom. The molecule has 2 aromatic heterocycles. The van der Waals surface area contributed by atoms with E-state index in [9.17, 15) is 22.4 Å². The number of hydrogen-bond donors (Lipinski definition) is 1. The minimum Gasteiger partial charge on any atom is -0.493 e. The van der Waals surface area contributed by atoms with E-state index in [-0.39, 0.29) is 23.1 Å². The van der Waals surface area contributed by atoms with E-state index in [1.165, 1.54) is 12.1 Å². The van der Waals surface area contributed by atoms with Crippen LogP contribution < -0.4 is 14.3 Å². The van der Waals surface area contributed by atoms with Crippen molar-refractivity contribution in [3.8, 4) is 28.7 Å².